The maximum Gasteiger partial charge on any atom is 0.267 e. The van der Waals surface area contributed by atoms with Crippen molar-refractivity contribution in [2.45, 2.75) is 0 Å². The first-order valence-corrected chi connectivity index (χ1v) is 9.77. The van der Waals surface area contributed by atoms with E-state index in [4.69, 9.17) is 14.7 Å². The van der Waals surface area contributed by atoms with E-state index in [1.54, 1.807) is 30.3 Å². The zero-order valence-corrected chi connectivity index (χ0v) is 16.9. The average Bonchev–Trinajstić information content (AvgIpc) is 2.74. The first-order valence-electron chi connectivity index (χ1n) is 9.77. The molecule has 3 rings (SSSR count). The Morgan fingerprint density at radius 1 is 1.17 bits per heavy atom. The summed E-state index contributed by atoms with van der Waals surface area (Å²) in [6, 6.07) is 11.0. The van der Waals surface area contributed by atoms with Gasteiger partial charge in [-0.05, 0) is 37.4 Å². The molecule has 1 amide bonds. The highest BCUT2D eigenvalue weighted by Gasteiger charge is 2.13. The van der Waals surface area contributed by atoms with Gasteiger partial charge in [-0.3, -0.25) is 14.9 Å². The van der Waals surface area contributed by atoms with E-state index in [-0.39, 0.29) is 0 Å². The third-order valence-electron chi connectivity index (χ3n) is 4.81. The van der Waals surface area contributed by atoms with Crippen LogP contribution >= 0.6 is 0 Å². The second kappa shape index (κ2) is 10.7. The molecule has 1 aliphatic rings. The Morgan fingerprint density at radius 2 is 1.97 bits per heavy atom. The Morgan fingerprint density at radius 3 is 2.70 bits per heavy atom. The molecule has 1 fully saturated rings. The first kappa shape index (κ1) is 21.8. The minimum absolute atomic E-state index is 0.325. The molecule has 8 heteroatoms. The number of nitrogens with one attached hydrogen (secondary N) is 1. The molecule has 0 unspecified atom stereocenters. The zero-order chi connectivity index (χ0) is 21.3. The molecule has 0 bridgehead atoms. The van der Waals surface area contributed by atoms with Gasteiger partial charge in [0.2, 0.25) is 0 Å². The van der Waals surface area contributed by atoms with Crippen LogP contribution in [-0.2, 0) is 4.79 Å². The Hall–Kier alpha value is -2.94. The van der Waals surface area contributed by atoms with E-state index in [1.807, 2.05) is 0 Å². The predicted octanol–water partition coefficient (Wildman–Crippen LogP) is 2.76. The van der Waals surface area contributed by atoms with Crippen molar-refractivity contribution < 1.29 is 23.9 Å². The predicted molar refractivity (Wildman–Crippen MR) is 111 cm³/mol. The summed E-state index contributed by atoms with van der Waals surface area (Å²) in [5.41, 5.74) is 2.11. The summed E-state index contributed by atoms with van der Waals surface area (Å²) >= 11 is 0. The van der Waals surface area contributed by atoms with Crippen LogP contribution in [0.1, 0.15) is 5.56 Å². The van der Waals surface area contributed by atoms with E-state index in [1.165, 1.54) is 29.8 Å². The van der Waals surface area contributed by atoms with Crippen LogP contribution in [-0.4, -0.2) is 67.3 Å². The Balaban J connectivity index is 1.69. The van der Waals surface area contributed by atoms with E-state index in [9.17, 15) is 9.18 Å². The smallest absolute Gasteiger partial charge is 0.267 e. The van der Waals surface area contributed by atoms with Crippen LogP contribution in [0.3, 0.4) is 0 Å². The van der Waals surface area contributed by atoms with Crippen LogP contribution in [0.4, 0.5) is 4.39 Å². The topological polar surface area (TPSA) is 74.3 Å². The molecule has 1 saturated heterocycles. The van der Waals surface area contributed by atoms with Gasteiger partial charge in [0, 0.05) is 56.5 Å². The summed E-state index contributed by atoms with van der Waals surface area (Å²) in [5.74, 6) is 0.257. The molecule has 0 spiro atoms. The van der Waals surface area contributed by atoms with Gasteiger partial charge in [0.25, 0.3) is 5.91 Å². The fraction of sp³-hybridized carbons (Fsp3) is 0.318. The standard InChI is InChI=1S/C22H26FN3O4/c1-25-9-11-26(12-10-25)13-14-29-19-7-5-17(6-8-22(27)24-28)21(16-19)30-20-4-2-3-18(23)15-20/h2-8,15-16,28H,9-14H2,1H3,(H,24,27)/b8-6+. The van der Waals surface area contributed by atoms with E-state index < -0.39 is 11.7 Å². The van der Waals surface area contributed by atoms with E-state index in [0.717, 1.165) is 32.7 Å². The number of nitrogens with zero attached hydrogens (tertiary/aromatic N) is 2. The summed E-state index contributed by atoms with van der Waals surface area (Å²) < 4.78 is 25.2. The van der Waals surface area contributed by atoms with Gasteiger partial charge in [0.15, 0.2) is 0 Å². The fourth-order valence-corrected chi connectivity index (χ4v) is 3.05. The van der Waals surface area contributed by atoms with Gasteiger partial charge >= 0.3 is 0 Å². The lowest BCUT2D eigenvalue weighted by Crippen LogP contribution is -2.45. The maximum atomic E-state index is 13.5. The number of carbonyl (C=O) groups excluding carboxylic acids is 1. The summed E-state index contributed by atoms with van der Waals surface area (Å²) in [4.78, 5) is 16.0. The Bertz CT molecular complexity index is 882. The van der Waals surface area contributed by atoms with Gasteiger partial charge in [-0.2, -0.15) is 0 Å². The molecule has 2 N–H and O–H groups in total. The Labute approximate surface area is 175 Å². The Kier molecular flexibility index (Phi) is 7.78. The molecule has 0 saturated carbocycles. The number of carbonyl (C=O) groups is 1. The number of hydrogen-bond acceptors (Lipinski definition) is 6. The number of benzene rings is 2. The molecule has 7 nitrogen and oxygen atoms in total. The van der Waals surface area contributed by atoms with E-state index in [2.05, 4.69) is 16.8 Å². The number of hydroxylamine groups is 1. The van der Waals surface area contributed by atoms with Gasteiger partial charge in [0.1, 0.15) is 29.7 Å². The highest BCUT2D eigenvalue weighted by atomic mass is 19.1. The molecular formula is C22H26FN3O4. The van der Waals surface area contributed by atoms with Crippen LogP contribution in [0.15, 0.2) is 48.5 Å². The van der Waals surface area contributed by atoms with Gasteiger partial charge in [-0.25, -0.2) is 9.87 Å². The molecular weight excluding hydrogens is 389 g/mol. The van der Waals surface area contributed by atoms with Crippen molar-refractivity contribution in [1.82, 2.24) is 15.3 Å². The van der Waals surface area contributed by atoms with Crippen LogP contribution < -0.4 is 15.0 Å². The molecule has 1 aliphatic heterocycles. The minimum atomic E-state index is -0.667. The van der Waals surface area contributed by atoms with Gasteiger partial charge in [0.05, 0.1) is 0 Å². The van der Waals surface area contributed by atoms with Crippen molar-refractivity contribution >= 4 is 12.0 Å². The highest BCUT2D eigenvalue weighted by molar-refractivity contribution is 5.91. The van der Waals surface area contributed by atoms with Crippen molar-refractivity contribution in [2.75, 3.05) is 46.4 Å². The molecule has 160 valence electrons. The summed E-state index contributed by atoms with van der Waals surface area (Å²) in [7, 11) is 2.12. The van der Waals surface area contributed by atoms with Crippen LogP contribution in [0.2, 0.25) is 0 Å². The number of ether oxygens (including phenoxy) is 2. The number of rotatable bonds is 8. The largest absolute Gasteiger partial charge is 0.492 e. The van der Waals surface area contributed by atoms with Crippen molar-refractivity contribution in [3.63, 3.8) is 0 Å². The fourth-order valence-electron chi connectivity index (χ4n) is 3.05. The summed E-state index contributed by atoms with van der Waals surface area (Å²) in [5, 5.41) is 8.66. The molecule has 30 heavy (non-hydrogen) atoms. The normalized spacial score (nSPS) is 15.3. The number of likely N-dealkylation sites (N-methyl/N-ethyl adjacent to an activating group) is 1. The molecule has 0 atom stereocenters. The van der Waals surface area contributed by atoms with Crippen LogP contribution in [0.5, 0.6) is 17.2 Å². The van der Waals surface area contributed by atoms with E-state index in [0.29, 0.717) is 29.4 Å². The number of hydrogen-bond donors (Lipinski definition) is 2. The zero-order valence-electron chi connectivity index (χ0n) is 16.9. The molecule has 0 radical (unpaired) electrons. The van der Waals surface area contributed by atoms with Crippen molar-refractivity contribution in [1.29, 1.82) is 0 Å². The summed E-state index contributed by atoms with van der Waals surface area (Å²) in [6.07, 6.45) is 2.66. The number of halogens is 1. The maximum absolute atomic E-state index is 13.5. The molecule has 2 aromatic rings. The molecule has 0 aromatic heterocycles. The quantitative estimate of drug-likeness (QED) is 0.392. The third kappa shape index (κ3) is 6.55. The SMILES string of the molecule is CN1CCN(CCOc2ccc(/C=C/C(=O)NO)c(Oc3cccc(F)c3)c2)CC1. The number of amides is 1. The molecule has 0 aliphatic carbocycles. The second-order valence-electron chi connectivity index (χ2n) is 7.06. The lowest BCUT2D eigenvalue weighted by molar-refractivity contribution is -0.124. The van der Waals surface area contributed by atoms with Crippen molar-refractivity contribution in [2.24, 2.45) is 0 Å². The van der Waals surface area contributed by atoms with Gasteiger partial charge < -0.3 is 14.4 Å². The van der Waals surface area contributed by atoms with E-state index >= 15 is 0 Å². The number of piperazine rings is 1. The molecule has 2 aromatic carbocycles. The average molecular weight is 415 g/mol. The van der Waals surface area contributed by atoms with Crippen LogP contribution in [0.25, 0.3) is 6.08 Å². The van der Waals surface area contributed by atoms with Crippen molar-refractivity contribution in [3.05, 3.63) is 59.9 Å². The second-order valence-corrected chi connectivity index (χ2v) is 7.06. The van der Waals surface area contributed by atoms with Crippen LogP contribution in [0, 0.1) is 5.82 Å². The van der Waals surface area contributed by atoms with Gasteiger partial charge in [-0.15, -0.1) is 0 Å². The highest BCUT2D eigenvalue weighted by Crippen LogP contribution is 2.31. The lowest BCUT2D eigenvalue weighted by Gasteiger charge is -2.32. The third-order valence-corrected chi connectivity index (χ3v) is 4.81. The monoisotopic (exact) mass is 415 g/mol. The van der Waals surface area contributed by atoms with Gasteiger partial charge in [-0.1, -0.05) is 6.07 Å². The first-order chi connectivity index (χ1) is 14.5. The molecule has 1 heterocycles. The lowest BCUT2D eigenvalue weighted by atomic mass is 10.1. The minimum Gasteiger partial charge on any atom is -0.492 e. The van der Waals surface area contributed by atoms with Crippen molar-refractivity contribution in [3.8, 4) is 17.2 Å². The summed E-state index contributed by atoms with van der Waals surface area (Å²) in [6.45, 7) is 5.49.